The molecule has 2 aromatic rings. The smallest absolute Gasteiger partial charge is 0.224 e. The van der Waals surface area contributed by atoms with Gasteiger partial charge in [0, 0.05) is 19.1 Å². The zero-order chi connectivity index (χ0) is 17.9. The number of carbonyl (C=O) groups is 1. The molecule has 5 rings (SSSR count). The van der Waals surface area contributed by atoms with Gasteiger partial charge in [0.15, 0.2) is 0 Å². The molecule has 138 valence electrons. The van der Waals surface area contributed by atoms with Gasteiger partial charge in [0.1, 0.15) is 5.69 Å². The maximum atomic E-state index is 12.7. The van der Waals surface area contributed by atoms with Crippen LogP contribution in [0.3, 0.4) is 0 Å². The highest BCUT2D eigenvalue weighted by Gasteiger charge is 2.43. The molecule has 1 aromatic heterocycles. The van der Waals surface area contributed by atoms with Crippen molar-refractivity contribution in [1.82, 2.24) is 25.2 Å². The first-order chi connectivity index (χ1) is 12.7. The second-order valence-electron chi connectivity index (χ2n) is 7.33. The van der Waals surface area contributed by atoms with Crippen LogP contribution < -0.4 is 5.32 Å². The predicted molar refractivity (Wildman–Crippen MR) is 95.8 cm³/mol. The number of hydrogen-bond donors (Lipinski definition) is 2. The zero-order valence-electron chi connectivity index (χ0n) is 14.8. The lowest BCUT2D eigenvalue weighted by Crippen LogP contribution is -2.58. The number of piperidine rings is 3. The molecule has 0 radical (unpaired) electrons. The summed E-state index contributed by atoms with van der Waals surface area (Å²) in [6.45, 7) is 3.13. The van der Waals surface area contributed by atoms with Gasteiger partial charge in [0.2, 0.25) is 5.91 Å². The number of amides is 1. The lowest BCUT2D eigenvalue weighted by Gasteiger charge is -2.49. The predicted octanol–water partition coefficient (Wildman–Crippen LogP) is 0.797. The number of carbonyl (C=O) groups excluding carboxylic acids is 1. The van der Waals surface area contributed by atoms with Gasteiger partial charge in [-0.1, -0.05) is 35.5 Å². The van der Waals surface area contributed by atoms with Crippen LogP contribution in [0.4, 0.5) is 0 Å². The number of aliphatic hydroxyl groups is 1. The van der Waals surface area contributed by atoms with Gasteiger partial charge in [-0.15, -0.1) is 5.10 Å². The van der Waals surface area contributed by atoms with Gasteiger partial charge in [-0.05, 0) is 30.9 Å². The molecule has 1 amide bonds. The zero-order valence-corrected chi connectivity index (χ0v) is 14.8. The van der Waals surface area contributed by atoms with Crippen molar-refractivity contribution in [3.8, 4) is 0 Å². The van der Waals surface area contributed by atoms with Crippen molar-refractivity contribution in [3.05, 3.63) is 47.8 Å². The molecule has 4 atom stereocenters. The number of aromatic nitrogens is 3. The van der Waals surface area contributed by atoms with Crippen molar-refractivity contribution in [2.75, 3.05) is 13.1 Å². The summed E-state index contributed by atoms with van der Waals surface area (Å²) in [6.07, 6.45) is 3.89. The highest BCUT2D eigenvalue weighted by Crippen LogP contribution is 2.36. The van der Waals surface area contributed by atoms with E-state index >= 15 is 0 Å². The number of fused-ring (bicyclic) bond motifs is 3. The minimum absolute atomic E-state index is 0.0764. The van der Waals surface area contributed by atoms with Crippen LogP contribution in [-0.4, -0.2) is 50.0 Å². The third-order valence-corrected chi connectivity index (χ3v) is 5.67. The second-order valence-corrected chi connectivity index (χ2v) is 7.33. The van der Waals surface area contributed by atoms with Crippen LogP contribution in [-0.2, 0) is 24.5 Å². The van der Waals surface area contributed by atoms with Crippen LogP contribution in [0.5, 0.6) is 0 Å². The number of aliphatic hydroxyl groups excluding tert-OH is 1. The molecule has 4 heterocycles. The molecule has 3 saturated heterocycles. The Balaban J connectivity index is 1.33. The van der Waals surface area contributed by atoms with E-state index in [1.165, 1.54) is 0 Å². The number of nitrogens with one attached hydrogen (secondary N) is 1. The van der Waals surface area contributed by atoms with Crippen molar-refractivity contribution >= 4 is 5.91 Å². The molecule has 7 heteroatoms. The standard InChI is InChI=1S/C19H25N5O2/c25-13-16-10-24(22-21-16)11-17-8-15-6-7-23(17)12-18(15)19(26)20-9-14-4-2-1-3-5-14/h1-5,10,15,17-18,25H,6-9,11-13H2,(H,20,26)/t15-,17-,18-/m1/s1. The fraction of sp³-hybridized carbons (Fsp3) is 0.526. The van der Waals surface area contributed by atoms with Crippen molar-refractivity contribution < 1.29 is 9.90 Å². The fourth-order valence-corrected chi connectivity index (χ4v) is 4.26. The summed E-state index contributed by atoms with van der Waals surface area (Å²) in [5.41, 5.74) is 1.73. The number of hydrogen-bond acceptors (Lipinski definition) is 5. The first kappa shape index (κ1) is 17.2. The SMILES string of the molecule is O=C(NCc1ccccc1)[C@@H]1CN2CC[C@@H]1C[C@@H]2Cn1cc(CO)nn1. The van der Waals surface area contributed by atoms with E-state index in [1.807, 2.05) is 30.3 Å². The molecular weight excluding hydrogens is 330 g/mol. The average Bonchev–Trinajstić information content (AvgIpc) is 3.15. The Morgan fingerprint density at radius 1 is 1.31 bits per heavy atom. The number of benzene rings is 1. The van der Waals surface area contributed by atoms with Crippen LogP contribution in [0.15, 0.2) is 36.5 Å². The minimum Gasteiger partial charge on any atom is -0.390 e. The number of nitrogens with zero attached hydrogens (tertiary/aromatic N) is 4. The van der Waals surface area contributed by atoms with Gasteiger partial charge in [-0.3, -0.25) is 14.4 Å². The first-order valence-corrected chi connectivity index (χ1v) is 9.28. The topological polar surface area (TPSA) is 83.3 Å². The lowest BCUT2D eigenvalue weighted by atomic mass is 9.75. The van der Waals surface area contributed by atoms with Crippen LogP contribution in [0.1, 0.15) is 24.1 Å². The molecule has 1 aromatic carbocycles. The van der Waals surface area contributed by atoms with E-state index in [4.69, 9.17) is 5.11 Å². The summed E-state index contributed by atoms with van der Waals surface area (Å²) in [6, 6.07) is 10.4. The summed E-state index contributed by atoms with van der Waals surface area (Å²) in [5.74, 6) is 0.680. The van der Waals surface area contributed by atoms with Crippen molar-refractivity contribution in [2.45, 2.75) is 38.6 Å². The largest absolute Gasteiger partial charge is 0.390 e. The maximum Gasteiger partial charge on any atom is 0.224 e. The summed E-state index contributed by atoms with van der Waals surface area (Å²) >= 11 is 0. The van der Waals surface area contributed by atoms with E-state index in [-0.39, 0.29) is 18.4 Å². The Bertz CT molecular complexity index is 747. The van der Waals surface area contributed by atoms with Gasteiger partial charge in [0.05, 0.1) is 25.3 Å². The third kappa shape index (κ3) is 3.64. The van der Waals surface area contributed by atoms with Crippen LogP contribution in [0, 0.1) is 11.8 Å². The molecule has 7 nitrogen and oxygen atoms in total. The average molecular weight is 355 g/mol. The van der Waals surface area contributed by atoms with Gasteiger partial charge >= 0.3 is 0 Å². The van der Waals surface area contributed by atoms with E-state index in [0.717, 1.165) is 38.0 Å². The molecule has 0 saturated carbocycles. The second kappa shape index (κ2) is 7.55. The minimum atomic E-state index is -0.0827. The van der Waals surface area contributed by atoms with E-state index < -0.39 is 0 Å². The van der Waals surface area contributed by atoms with Crippen molar-refractivity contribution in [3.63, 3.8) is 0 Å². The molecule has 3 aliphatic heterocycles. The monoisotopic (exact) mass is 355 g/mol. The molecule has 3 aliphatic rings. The first-order valence-electron chi connectivity index (χ1n) is 9.28. The molecular formula is C19H25N5O2. The Morgan fingerprint density at radius 2 is 2.15 bits per heavy atom. The molecule has 2 N–H and O–H groups in total. The summed E-state index contributed by atoms with van der Waals surface area (Å²) in [4.78, 5) is 15.1. The molecule has 0 spiro atoms. The summed E-state index contributed by atoms with van der Waals surface area (Å²) in [5, 5.41) is 20.2. The van der Waals surface area contributed by atoms with Crippen LogP contribution >= 0.6 is 0 Å². The summed E-state index contributed by atoms with van der Waals surface area (Å²) < 4.78 is 1.81. The summed E-state index contributed by atoms with van der Waals surface area (Å²) in [7, 11) is 0. The van der Waals surface area contributed by atoms with Gasteiger partial charge in [0.25, 0.3) is 0 Å². The van der Waals surface area contributed by atoms with Gasteiger partial charge in [-0.25, -0.2) is 0 Å². The quantitative estimate of drug-likeness (QED) is 0.801. The van der Waals surface area contributed by atoms with Gasteiger partial charge in [-0.2, -0.15) is 0 Å². The van der Waals surface area contributed by atoms with Crippen molar-refractivity contribution in [1.29, 1.82) is 0 Å². The van der Waals surface area contributed by atoms with E-state index in [0.29, 0.717) is 24.2 Å². The fourth-order valence-electron chi connectivity index (χ4n) is 4.26. The Morgan fingerprint density at radius 3 is 2.85 bits per heavy atom. The normalized spacial score (nSPS) is 27.4. The van der Waals surface area contributed by atoms with Crippen LogP contribution in [0.2, 0.25) is 0 Å². The van der Waals surface area contributed by atoms with E-state index in [9.17, 15) is 4.79 Å². The Labute approximate surface area is 153 Å². The van der Waals surface area contributed by atoms with Crippen LogP contribution in [0.25, 0.3) is 0 Å². The molecule has 0 aliphatic carbocycles. The third-order valence-electron chi connectivity index (χ3n) is 5.67. The molecule has 2 bridgehead atoms. The number of rotatable bonds is 6. The molecule has 26 heavy (non-hydrogen) atoms. The lowest BCUT2D eigenvalue weighted by molar-refractivity contribution is -0.133. The highest BCUT2D eigenvalue weighted by molar-refractivity contribution is 5.79. The molecule has 3 fully saturated rings. The Hall–Kier alpha value is -2.25. The van der Waals surface area contributed by atoms with Crippen molar-refractivity contribution in [2.24, 2.45) is 11.8 Å². The molecule has 1 unspecified atom stereocenters. The maximum absolute atomic E-state index is 12.7. The highest BCUT2D eigenvalue weighted by atomic mass is 16.3. The van der Waals surface area contributed by atoms with E-state index in [1.54, 1.807) is 10.9 Å². The Kier molecular flexibility index (Phi) is 4.99. The van der Waals surface area contributed by atoms with E-state index in [2.05, 4.69) is 20.5 Å². The van der Waals surface area contributed by atoms with Gasteiger partial charge < -0.3 is 10.4 Å².